The maximum absolute atomic E-state index is 12.8. The largest absolute Gasteiger partial charge is 0.492 e. The van der Waals surface area contributed by atoms with Gasteiger partial charge < -0.3 is 10.5 Å². The standard InChI is InChI=1S/C13H14F3NO/c1-2-3-8-18-12-5-4-10(6-7-17)9-11(12)13(14,15)16/h1,4-5,9H,3,6-8,17H2. The number of rotatable bonds is 5. The zero-order chi connectivity index (χ0) is 13.6. The van der Waals surface area contributed by atoms with E-state index >= 15 is 0 Å². The van der Waals surface area contributed by atoms with Crippen molar-refractivity contribution in [3.63, 3.8) is 0 Å². The van der Waals surface area contributed by atoms with Gasteiger partial charge in [-0.1, -0.05) is 6.07 Å². The van der Waals surface area contributed by atoms with Gasteiger partial charge in [-0.05, 0) is 30.7 Å². The quantitative estimate of drug-likeness (QED) is 0.650. The minimum absolute atomic E-state index is 0.0653. The lowest BCUT2D eigenvalue weighted by Crippen LogP contribution is -2.11. The number of halogens is 3. The Kier molecular flexibility index (Phi) is 5.05. The van der Waals surface area contributed by atoms with E-state index in [0.29, 0.717) is 18.5 Å². The summed E-state index contributed by atoms with van der Waals surface area (Å²) >= 11 is 0. The molecular weight excluding hydrogens is 243 g/mol. The Morgan fingerprint density at radius 2 is 2.06 bits per heavy atom. The third-order valence-corrected chi connectivity index (χ3v) is 2.29. The number of hydrogen-bond acceptors (Lipinski definition) is 2. The van der Waals surface area contributed by atoms with Crippen molar-refractivity contribution in [1.29, 1.82) is 0 Å². The van der Waals surface area contributed by atoms with Crippen molar-refractivity contribution in [1.82, 2.24) is 0 Å². The molecule has 0 radical (unpaired) electrons. The van der Waals surface area contributed by atoms with Crippen LogP contribution in [0.2, 0.25) is 0 Å². The molecule has 0 atom stereocenters. The average Bonchev–Trinajstić information content (AvgIpc) is 2.30. The molecule has 2 N–H and O–H groups in total. The molecule has 0 saturated heterocycles. The van der Waals surface area contributed by atoms with E-state index in [9.17, 15) is 13.2 Å². The van der Waals surface area contributed by atoms with Gasteiger partial charge in [0.05, 0.1) is 12.2 Å². The van der Waals surface area contributed by atoms with Crippen LogP contribution in [0.3, 0.4) is 0 Å². The Labute approximate surface area is 104 Å². The summed E-state index contributed by atoms with van der Waals surface area (Å²) in [5.41, 5.74) is 5.07. The molecule has 0 aliphatic carbocycles. The monoisotopic (exact) mass is 257 g/mol. The molecule has 0 bridgehead atoms. The van der Waals surface area contributed by atoms with Crippen LogP contribution >= 0.6 is 0 Å². The van der Waals surface area contributed by atoms with Crippen molar-refractivity contribution in [2.24, 2.45) is 5.73 Å². The zero-order valence-corrected chi connectivity index (χ0v) is 9.76. The molecule has 1 aromatic carbocycles. The molecule has 0 aromatic heterocycles. The van der Waals surface area contributed by atoms with Crippen molar-refractivity contribution in [3.05, 3.63) is 29.3 Å². The third-order valence-electron chi connectivity index (χ3n) is 2.29. The molecule has 2 nitrogen and oxygen atoms in total. The molecule has 0 aliphatic heterocycles. The maximum Gasteiger partial charge on any atom is 0.419 e. The first kappa shape index (κ1) is 14.4. The summed E-state index contributed by atoms with van der Waals surface area (Å²) in [6, 6.07) is 3.95. The minimum atomic E-state index is -4.45. The summed E-state index contributed by atoms with van der Waals surface area (Å²) < 4.78 is 43.5. The molecule has 0 fully saturated rings. The molecule has 5 heteroatoms. The van der Waals surface area contributed by atoms with E-state index in [-0.39, 0.29) is 18.8 Å². The summed E-state index contributed by atoms with van der Waals surface area (Å²) in [5, 5.41) is 0. The van der Waals surface area contributed by atoms with Crippen LogP contribution in [0.5, 0.6) is 5.75 Å². The van der Waals surface area contributed by atoms with Gasteiger partial charge in [-0.2, -0.15) is 13.2 Å². The van der Waals surface area contributed by atoms with Crippen molar-refractivity contribution in [2.45, 2.75) is 19.0 Å². The maximum atomic E-state index is 12.8. The molecule has 1 aromatic rings. The van der Waals surface area contributed by atoms with Crippen LogP contribution in [0.1, 0.15) is 17.5 Å². The second-order valence-corrected chi connectivity index (χ2v) is 3.67. The highest BCUT2D eigenvalue weighted by Gasteiger charge is 2.34. The lowest BCUT2D eigenvalue weighted by Gasteiger charge is -2.14. The first-order valence-electron chi connectivity index (χ1n) is 5.45. The number of benzene rings is 1. The number of hydrogen-bond donors (Lipinski definition) is 1. The Morgan fingerprint density at radius 1 is 1.33 bits per heavy atom. The minimum Gasteiger partial charge on any atom is -0.492 e. The summed E-state index contributed by atoms with van der Waals surface area (Å²) in [6.45, 7) is 0.365. The second-order valence-electron chi connectivity index (χ2n) is 3.67. The van der Waals surface area contributed by atoms with Gasteiger partial charge in [0.25, 0.3) is 0 Å². The van der Waals surface area contributed by atoms with Gasteiger partial charge in [-0.25, -0.2) is 0 Å². The molecule has 0 heterocycles. The molecule has 0 amide bonds. The van der Waals surface area contributed by atoms with Gasteiger partial charge in [-0.3, -0.25) is 0 Å². The van der Waals surface area contributed by atoms with Gasteiger partial charge in [0.1, 0.15) is 5.75 Å². The Hall–Kier alpha value is -1.67. The lowest BCUT2D eigenvalue weighted by atomic mass is 10.1. The van der Waals surface area contributed by atoms with E-state index in [4.69, 9.17) is 16.9 Å². The second kappa shape index (κ2) is 6.31. The van der Waals surface area contributed by atoms with Gasteiger partial charge in [0.15, 0.2) is 0 Å². The molecule has 0 saturated carbocycles. The summed E-state index contributed by atoms with van der Waals surface area (Å²) in [4.78, 5) is 0. The molecular formula is C13H14F3NO. The fourth-order valence-corrected chi connectivity index (χ4v) is 1.47. The molecule has 0 spiro atoms. The van der Waals surface area contributed by atoms with Crippen LogP contribution in [0, 0.1) is 12.3 Å². The smallest absolute Gasteiger partial charge is 0.419 e. The van der Waals surface area contributed by atoms with Gasteiger partial charge >= 0.3 is 6.18 Å². The Balaban J connectivity index is 2.98. The molecule has 98 valence electrons. The molecule has 0 aliphatic rings. The van der Waals surface area contributed by atoms with Crippen molar-refractivity contribution >= 4 is 0 Å². The van der Waals surface area contributed by atoms with Crippen molar-refractivity contribution in [2.75, 3.05) is 13.2 Å². The summed E-state index contributed by atoms with van der Waals surface area (Å²) in [6.07, 6.45) is 1.23. The topological polar surface area (TPSA) is 35.2 Å². The summed E-state index contributed by atoms with van der Waals surface area (Å²) in [7, 11) is 0. The fraction of sp³-hybridized carbons (Fsp3) is 0.385. The van der Waals surface area contributed by atoms with Gasteiger partial charge in [0.2, 0.25) is 0 Å². The first-order chi connectivity index (χ1) is 8.49. The fourth-order valence-electron chi connectivity index (χ4n) is 1.47. The van der Waals surface area contributed by atoms with Crippen LogP contribution in [-0.4, -0.2) is 13.2 Å². The highest BCUT2D eigenvalue weighted by atomic mass is 19.4. The van der Waals surface area contributed by atoms with E-state index in [1.165, 1.54) is 6.07 Å². The number of terminal acetylenes is 1. The number of ether oxygens (including phenoxy) is 1. The Morgan fingerprint density at radius 3 is 2.61 bits per heavy atom. The van der Waals surface area contributed by atoms with Crippen LogP contribution in [0.25, 0.3) is 0 Å². The van der Waals surface area contributed by atoms with E-state index in [2.05, 4.69) is 5.92 Å². The molecule has 1 rings (SSSR count). The van der Waals surface area contributed by atoms with E-state index < -0.39 is 11.7 Å². The SMILES string of the molecule is C#CCCOc1ccc(CCN)cc1C(F)(F)F. The van der Waals surface area contributed by atoms with E-state index in [1.807, 2.05) is 0 Å². The average molecular weight is 257 g/mol. The normalized spacial score (nSPS) is 11.1. The predicted molar refractivity (Wildman–Crippen MR) is 63.1 cm³/mol. The highest BCUT2D eigenvalue weighted by molar-refractivity contribution is 5.39. The highest BCUT2D eigenvalue weighted by Crippen LogP contribution is 2.36. The Bertz CT molecular complexity index is 435. The van der Waals surface area contributed by atoms with Gasteiger partial charge in [-0.15, -0.1) is 12.3 Å². The number of nitrogens with two attached hydrogens (primary N) is 1. The summed E-state index contributed by atoms with van der Waals surface area (Å²) in [5.74, 6) is 2.11. The van der Waals surface area contributed by atoms with Crippen LogP contribution < -0.4 is 10.5 Å². The van der Waals surface area contributed by atoms with E-state index in [0.717, 1.165) is 6.07 Å². The molecule has 0 unspecified atom stereocenters. The molecule has 18 heavy (non-hydrogen) atoms. The van der Waals surface area contributed by atoms with Crippen LogP contribution in [-0.2, 0) is 12.6 Å². The predicted octanol–water partition coefficient (Wildman–Crippen LogP) is 2.61. The van der Waals surface area contributed by atoms with E-state index in [1.54, 1.807) is 6.07 Å². The van der Waals surface area contributed by atoms with Crippen molar-refractivity contribution in [3.8, 4) is 18.1 Å². The first-order valence-corrected chi connectivity index (χ1v) is 5.45. The lowest BCUT2D eigenvalue weighted by molar-refractivity contribution is -0.139. The van der Waals surface area contributed by atoms with Crippen molar-refractivity contribution < 1.29 is 17.9 Å². The van der Waals surface area contributed by atoms with Crippen LogP contribution in [0.15, 0.2) is 18.2 Å². The third kappa shape index (κ3) is 3.97. The van der Waals surface area contributed by atoms with Gasteiger partial charge in [0, 0.05) is 6.42 Å². The zero-order valence-electron chi connectivity index (χ0n) is 9.76. The number of alkyl halides is 3. The van der Waals surface area contributed by atoms with Crippen LogP contribution in [0.4, 0.5) is 13.2 Å².